The molecule has 5 nitrogen and oxygen atoms in total. The summed E-state index contributed by atoms with van der Waals surface area (Å²) in [5.41, 5.74) is 1.27. The third-order valence-electron chi connectivity index (χ3n) is 6.35. The first-order valence-corrected chi connectivity index (χ1v) is 10.9. The highest BCUT2D eigenvalue weighted by molar-refractivity contribution is 5.88. The second kappa shape index (κ2) is 10.6. The van der Waals surface area contributed by atoms with Crippen LogP contribution in [0.2, 0.25) is 0 Å². The van der Waals surface area contributed by atoms with Crippen molar-refractivity contribution in [3.8, 4) is 0 Å². The molecule has 28 heavy (non-hydrogen) atoms. The van der Waals surface area contributed by atoms with E-state index in [0.29, 0.717) is 6.54 Å². The van der Waals surface area contributed by atoms with Gasteiger partial charge in [0, 0.05) is 33.2 Å². The Balaban J connectivity index is 1.46. The van der Waals surface area contributed by atoms with E-state index in [1.807, 2.05) is 30.1 Å². The quantitative estimate of drug-likeness (QED) is 0.711. The Labute approximate surface area is 169 Å². The highest BCUT2D eigenvalue weighted by Gasteiger charge is 2.32. The van der Waals surface area contributed by atoms with E-state index >= 15 is 0 Å². The average molecular weight is 386 g/mol. The molecule has 5 heteroatoms. The van der Waals surface area contributed by atoms with Gasteiger partial charge < -0.3 is 10.2 Å². The summed E-state index contributed by atoms with van der Waals surface area (Å²) in [6, 6.07) is 9.98. The first-order valence-electron chi connectivity index (χ1n) is 10.9. The van der Waals surface area contributed by atoms with E-state index in [-0.39, 0.29) is 24.3 Å². The molecule has 0 radical (unpaired) electrons. The van der Waals surface area contributed by atoms with Gasteiger partial charge in [0.1, 0.15) is 0 Å². The summed E-state index contributed by atoms with van der Waals surface area (Å²) < 4.78 is 0. The molecule has 2 fully saturated rings. The van der Waals surface area contributed by atoms with E-state index in [4.69, 9.17) is 0 Å². The second-order valence-corrected chi connectivity index (χ2v) is 8.39. The van der Waals surface area contributed by atoms with Gasteiger partial charge in [-0.15, -0.1) is 0 Å². The number of nitrogens with one attached hydrogen (secondary N) is 1. The summed E-state index contributed by atoms with van der Waals surface area (Å²) in [5, 5.41) is 2.93. The van der Waals surface area contributed by atoms with Crippen molar-refractivity contribution in [2.75, 3.05) is 33.2 Å². The molecule has 1 atom stereocenters. The zero-order valence-corrected chi connectivity index (χ0v) is 17.2. The Kier molecular flexibility index (Phi) is 7.90. The van der Waals surface area contributed by atoms with E-state index in [2.05, 4.69) is 22.3 Å². The smallest absolute Gasteiger partial charge is 0.237 e. The molecule has 1 saturated carbocycles. The molecule has 1 aliphatic carbocycles. The van der Waals surface area contributed by atoms with Crippen LogP contribution in [0.3, 0.4) is 0 Å². The van der Waals surface area contributed by atoms with Gasteiger partial charge in [-0.3, -0.25) is 14.5 Å². The Bertz CT molecular complexity index is 628. The number of benzene rings is 1. The molecule has 1 saturated heterocycles. The summed E-state index contributed by atoms with van der Waals surface area (Å²) in [7, 11) is 1.88. The van der Waals surface area contributed by atoms with Crippen LogP contribution in [-0.4, -0.2) is 60.9 Å². The number of amides is 2. The van der Waals surface area contributed by atoms with Gasteiger partial charge in [0.15, 0.2) is 0 Å². The van der Waals surface area contributed by atoms with Crippen molar-refractivity contribution in [3.05, 3.63) is 35.9 Å². The Hall–Kier alpha value is -1.88. The lowest BCUT2D eigenvalue weighted by Gasteiger charge is -2.35. The van der Waals surface area contributed by atoms with Gasteiger partial charge in [0.05, 0.1) is 12.5 Å². The summed E-state index contributed by atoms with van der Waals surface area (Å²) in [6.45, 7) is 3.08. The van der Waals surface area contributed by atoms with Gasteiger partial charge in [0.25, 0.3) is 0 Å². The molecule has 1 aromatic carbocycles. The van der Waals surface area contributed by atoms with Crippen LogP contribution in [0.15, 0.2) is 30.3 Å². The van der Waals surface area contributed by atoms with Crippen molar-refractivity contribution in [2.45, 2.75) is 57.4 Å². The van der Waals surface area contributed by atoms with Crippen LogP contribution in [0, 0.1) is 5.92 Å². The maximum atomic E-state index is 12.7. The van der Waals surface area contributed by atoms with E-state index < -0.39 is 0 Å². The molecule has 2 amide bonds. The van der Waals surface area contributed by atoms with Gasteiger partial charge in [-0.2, -0.15) is 0 Å². The van der Waals surface area contributed by atoms with Crippen LogP contribution in [-0.2, 0) is 16.0 Å². The summed E-state index contributed by atoms with van der Waals surface area (Å²) in [6.07, 6.45) is 8.93. The summed E-state index contributed by atoms with van der Waals surface area (Å²) in [5.74, 6) is 0.936. The van der Waals surface area contributed by atoms with Crippen LogP contribution in [0.1, 0.15) is 50.5 Å². The minimum Gasteiger partial charge on any atom is -0.353 e. The molecule has 2 aliphatic rings. The Morgan fingerprint density at radius 1 is 1.21 bits per heavy atom. The van der Waals surface area contributed by atoms with E-state index in [0.717, 1.165) is 38.4 Å². The number of hydrogen-bond donors (Lipinski definition) is 1. The molecule has 3 rings (SSSR count). The normalized spacial score (nSPS) is 20.9. The van der Waals surface area contributed by atoms with Gasteiger partial charge in [0.2, 0.25) is 11.8 Å². The molecule has 0 bridgehead atoms. The predicted molar refractivity (Wildman–Crippen MR) is 112 cm³/mol. The molecular formula is C23H35N3O2. The lowest BCUT2D eigenvalue weighted by molar-refractivity contribution is -0.138. The van der Waals surface area contributed by atoms with Crippen molar-refractivity contribution in [2.24, 2.45) is 5.92 Å². The Morgan fingerprint density at radius 2 is 1.96 bits per heavy atom. The van der Waals surface area contributed by atoms with Gasteiger partial charge in [-0.05, 0) is 30.7 Å². The molecule has 1 aliphatic heterocycles. The number of rotatable bonds is 9. The van der Waals surface area contributed by atoms with Gasteiger partial charge in [-0.25, -0.2) is 0 Å². The number of carbonyl (C=O) groups is 2. The highest BCUT2D eigenvalue weighted by atomic mass is 16.2. The lowest BCUT2D eigenvalue weighted by Crippen LogP contribution is -2.57. The third kappa shape index (κ3) is 6.06. The fourth-order valence-electron chi connectivity index (χ4n) is 4.53. The van der Waals surface area contributed by atoms with Crippen LogP contribution in [0.25, 0.3) is 0 Å². The maximum absolute atomic E-state index is 12.7. The molecule has 0 aromatic heterocycles. The monoisotopic (exact) mass is 385 g/mol. The van der Waals surface area contributed by atoms with Crippen molar-refractivity contribution in [3.63, 3.8) is 0 Å². The number of piperazine rings is 1. The molecule has 1 heterocycles. The molecule has 1 aromatic rings. The van der Waals surface area contributed by atoms with Crippen LogP contribution < -0.4 is 5.32 Å². The van der Waals surface area contributed by atoms with E-state index in [1.54, 1.807) is 0 Å². The number of carbonyl (C=O) groups excluding carboxylic acids is 2. The second-order valence-electron chi connectivity index (χ2n) is 8.39. The SMILES string of the molecule is CN(CCCC1CCCC1)C(=O)C[C@H]1C(=O)NCCN1CCc1ccccc1. The standard InChI is InChI=1S/C23H35N3O2/c1-25(15-7-12-19-10-5-6-11-19)22(27)18-21-23(28)24-14-17-26(21)16-13-20-8-3-2-4-9-20/h2-4,8-9,19,21H,5-7,10-18H2,1H3,(H,24,28)/t21-/m0/s1. The summed E-state index contributed by atoms with van der Waals surface area (Å²) >= 11 is 0. The first-order chi connectivity index (χ1) is 13.6. The maximum Gasteiger partial charge on any atom is 0.237 e. The zero-order valence-electron chi connectivity index (χ0n) is 17.2. The highest BCUT2D eigenvalue weighted by Crippen LogP contribution is 2.28. The lowest BCUT2D eigenvalue weighted by atomic mass is 10.0. The summed E-state index contributed by atoms with van der Waals surface area (Å²) in [4.78, 5) is 29.2. The molecule has 1 N–H and O–H groups in total. The van der Waals surface area contributed by atoms with E-state index in [1.165, 1.54) is 37.7 Å². The topological polar surface area (TPSA) is 52.7 Å². The fourth-order valence-corrected chi connectivity index (χ4v) is 4.53. The molecule has 0 unspecified atom stereocenters. The average Bonchev–Trinajstić information content (AvgIpc) is 3.22. The zero-order chi connectivity index (χ0) is 19.8. The minimum atomic E-state index is -0.345. The minimum absolute atomic E-state index is 0.00739. The molecule has 0 spiro atoms. The number of nitrogens with zero attached hydrogens (tertiary/aromatic N) is 2. The predicted octanol–water partition coefficient (Wildman–Crippen LogP) is 2.85. The molecular weight excluding hydrogens is 350 g/mol. The van der Waals surface area contributed by atoms with Crippen LogP contribution >= 0.6 is 0 Å². The molecule has 154 valence electrons. The van der Waals surface area contributed by atoms with Crippen molar-refractivity contribution < 1.29 is 9.59 Å². The van der Waals surface area contributed by atoms with Gasteiger partial charge >= 0.3 is 0 Å². The van der Waals surface area contributed by atoms with E-state index in [9.17, 15) is 9.59 Å². The third-order valence-corrected chi connectivity index (χ3v) is 6.35. The van der Waals surface area contributed by atoms with Crippen molar-refractivity contribution in [1.82, 2.24) is 15.1 Å². The first kappa shape index (κ1) is 20.8. The van der Waals surface area contributed by atoms with Crippen molar-refractivity contribution in [1.29, 1.82) is 0 Å². The van der Waals surface area contributed by atoms with Gasteiger partial charge in [-0.1, -0.05) is 56.0 Å². The number of hydrogen-bond acceptors (Lipinski definition) is 3. The van der Waals surface area contributed by atoms with Crippen molar-refractivity contribution >= 4 is 11.8 Å². The van der Waals surface area contributed by atoms with Crippen LogP contribution in [0.5, 0.6) is 0 Å². The largest absolute Gasteiger partial charge is 0.353 e. The fraction of sp³-hybridized carbons (Fsp3) is 0.652. The van der Waals surface area contributed by atoms with Crippen LogP contribution in [0.4, 0.5) is 0 Å². The Morgan fingerprint density at radius 3 is 2.71 bits per heavy atom.